The maximum Gasteiger partial charge on any atom is 0.224 e. The number of carbonyl (C=O) groups excluding carboxylic acids is 1. The van der Waals surface area contributed by atoms with E-state index in [1.165, 1.54) is 12.1 Å². The van der Waals surface area contributed by atoms with E-state index in [2.05, 4.69) is 40.2 Å². The molecular formula is C28H24FN9O3S. The molecule has 0 saturated carbocycles. The molecule has 0 aliphatic rings. The van der Waals surface area contributed by atoms with Crippen molar-refractivity contribution < 1.29 is 17.6 Å². The minimum atomic E-state index is -3.46. The topological polar surface area (TPSA) is 171 Å². The molecule has 14 heteroatoms. The zero-order valence-electron chi connectivity index (χ0n) is 22.4. The maximum atomic E-state index is 14.5. The summed E-state index contributed by atoms with van der Waals surface area (Å²) in [4.78, 5) is 33.1. The van der Waals surface area contributed by atoms with Gasteiger partial charge in [-0.2, -0.15) is 5.10 Å². The van der Waals surface area contributed by atoms with Crippen molar-refractivity contribution in [1.82, 2.24) is 39.8 Å². The Morgan fingerprint density at radius 1 is 1.02 bits per heavy atom. The number of hydrogen-bond acceptors (Lipinski definition) is 8. The minimum Gasteiger partial charge on any atom is -0.337 e. The van der Waals surface area contributed by atoms with Crippen molar-refractivity contribution in [3.63, 3.8) is 0 Å². The number of carbonyl (C=O) groups is 1. The van der Waals surface area contributed by atoms with Gasteiger partial charge in [-0.3, -0.25) is 19.9 Å². The highest BCUT2D eigenvalue weighted by molar-refractivity contribution is 7.88. The summed E-state index contributed by atoms with van der Waals surface area (Å²) in [6, 6.07) is 9.74. The fourth-order valence-corrected chi connectivity index (χ4v) is 4.95. The number of pyridine rings is 3. The van der Waals surface area contributed by atoms with Crippen LogP contribution in [0, 0.1) is 5.82 Å². The molecule has 0 radical (unpaired) electrons. The van der Waals surface area contributed by atoms with Crippen molar-refractivity contribution in [3.05, 3.63) is 72.6 Å². The summed E-state index contributed by atoms with van der Waals surface area (Å²) in [5, 5.41) is 10.8. The van der Waals surface area contributed by atoms with E-state index in [1.54, 1.807) is 43.8 Å². The third-order valence-corrected chi connectivity index (χ3v) is 7.16. The Kier molecular flexibility index (Phi) is 6.92. The third kappa shape index (κ3) is 5.57. The largest absolute Gasteiger partial charge is 0.337 e. The van der Waals surface area contributed by atoms with Crippen LogP contribution >= 0.6 is 0 Å². The van der Waals surface area contributed by atoms with Crippen LogP contribution in [0.2, 0.25) is 0 Å². The van der Waals surface area contributed by atoms with Gasteiger partial charge in [0.05, 0.1) is 34.7 Å². The highest BCUT2D eigenvalue weighted by Gasteiger charge is 2.18. The van der Waals surface area contributed by atoms with Gasteiger partial charge in [0.2, 0.25) is 15.9 Å². The second-order valence-electron chi connectivity index (χ2n) is 9.64. The number of amides is 1. The summed E-state index contributed by atoms with van der Waals surface area (Å²) >= 11 is 0. The molecule has 1 amide bonds. The first kappa shape index (κ1) is 27.1. The summed E-state index contributed by atoms with van der Waals surface area (Å²) in [6.45, 7) is 1.71. The lowest BCUT2D eigenvalue weighted by Gasteiger charge is -2.07. The number of nitrogens with zero attached hydrogens (tertiary/aromatic N) is 5. The molecule has 0 saturated heterocycles. The number of nitrogens with one attached hydrogen (secondary N) is 4. The first-order valence-corrected chi connectivity index (χ1v) is 14.7. The molecular weight excluding hydrogens is 561 g/mol. The van der Waals surface area contributed by atoms with E-state index in [9.17, 15) is 17.6 Å². The number of anilines is 1. The normalized spacial score (nSPS) is 11.8. The van der Waals surface area contributed by atoms with Gasteiger partial charge in [-0.25, -0.2) is 27.5 Å². The Hall–Kier alpha value is -5.08. The maximum absolute atomic E-state index is 14.5. The summed E-state index contributed by atoms with van der Waals surface area (Å²) in [7, 11) is -3.46. The van der Waals surface area contributed by atoms with Gasteiger partial charge in [-0.05, 0) is 42.0 Å². The first-order valence-electron chi connectivity index (χ1n) is 12.9. The van der Waals surface area contributed by atoms with Crippen LogP contribution in [-0.4, -0.2) is 55.7 Å². The number of aromatic amines is 2. The van der Waals surface area contributed by atoms with Gasteiger partial charge in [0, 0.05) is 48.2 Å². The second-order valence-corrected chi connectivity index (χ2v) is 11.5. The molecule has 6 aromatic rings. The van der Waals surface area contributed by atoms with E-state index < -0.39 is 15.8 Å². The highest BCUT2D eigenvalue weighted by atomic mass is 32.2. The Morgan fingerprint density at radius 2 is 1.86 bits per heavy atom. The molecule has 212 valence electrons. The molecule has 0 atom stereocenters. The van der Waals surface area contributed by atoms with Crippen molar-refractivity contribution in [1.29, 1.82) is 0 Å². The number of aromatic nitrogens is 7. The average molecular weight is 586 g/mol. The summed E-state index contributed by atoms with van der Waals surface area (Å²) in [5.74, 6) is -0.171. The van der Waals surface area contributed by atoms with E-state index in [1.807, 2.05) is 12.1 Å². The third-order valence-electron chi connectivity index (χ3n) is 6.49. The SMILES string of the molecule is CCC(=O)Nc1cncc(-c2cnc3n[nH]c(-c4nc5c(-c6cc(F)cc(CNS(C)(=O)=O)c6)nccc5[nH]4)c3c2)c1. The van der Waals surface area contributed by atoms with Gasteiger partial charge in [0.1, 0.15) is 17.0 Å². The Balaban J connectivity index is 1.39. The molecule has 42 heavy (non-hydrogen) atoms. The van der Waals surface area contributed by atoms with E-state index >= 15 is 0 Å². The summed E-state index contributed by atoms with van der Waals surface area (Å²) in [6.07, 6.45) is 7.92. The van der Waals surface area contributed by atoms with Crippen LogP contribution in [0.1, 0.15) is 18.9 Å². The quantitative estimate of drug-likeness (QED) is 0.206. The average Bonchev–Trinajstić information content (AvgIpc) is 3.59. The fraction of sp³-hybridized carbons (Fsp3) is 0.143. The van der Waals surface area contributed by atoms with Gasteiger partial charge in [0.25, 0.3) is 0 Å². The van der Waals surface area contributed by atoms with Crippen LogP contribution in [0.4, 0.5) is 10.1 Å². The van der Waals surface area contributed by atoms with Crippen LogP contribution in [-0.2, 0) is 21.4 Å². The lowest BCUT2D eigenvalue weighted by molar-refractivity contribution is -0.115. The second kappa shape index (κ2) is 10.7. The van der Waals surface area contributed by atoms with Crippen molar-refractivity contribution in [2.45, 2.75) is 19.9 Å². The van der Waals surface area contributed by atoms with Crippen LogP contribution in [0.25, 0.3) is 56.0 Å². The van der Waals surface area contributed by atoms with E-state index in [-0.39, 0.29) is 12.5 Å². The number of benzene rings is 1. The van der Waals surface area contributed by atoms with Crippen LogP contribution in [0.3, 0.4) is 0 Å². The molecule has 1 aromatic carbocycles. The fourth-order valence-electron chi connectivity index (χ4n) is 4.52. The zero-order chi connectivity index (χ0) is 29.4. The molecule has 0 spiro atoms. The van der Waals surface area contributed by atoms with Crippen LogP contribution in [0.15, 0.2) is 61.2 Å². The lowest BCUT2D eigenvalue weighted by Crippen LogP contribution is -2.21. The van der Waals surface area contributed by atoms with Gasteiger partial charge < -0.3 is 10.3 Å². The van der Waals surface area contributed by atoms with Crippen LogP contribution in [0.5, 0.6) is 0 Å². The minimum absolute atomic E-state index is 0.0652. The number of rotatable bonds is 8. The van der Waals surface area contributed by atoms with Crippen molar-refractivity contribution in [2.75, 3.05) is 11.6 Å². The first-order chi connectivity index (χ1) is 20.2. The van der Waals surface area contributed by atoms with Crippen LogP contribution < -0.4 is 10.0 Å². The summed E-state index contributed by atoms with van der Waals surface area (Å²) < 4.78 is 40.0. The van der Waals surface area contributed by atoms with E-state index in [0.717, 1.165) is 17.4 Å². The number of imidazole rings is 1. The van der Waals surface area contributed by atoms with Gasteiger partial charge in [-0.15, -0.1) is 0 Å². The number of hydrogen-bond donors (Lipinski definition) is 4. The predicted octanol–water partition coefficient (Wildman–Crippen LogP) is 4.16. The van der Waals surface area contributed by atoms with E-state index in [0.29, 0.717) is 62.5 Å². The zero-order valence-corrected chi connectivity index (χ0v) is 23.3. The van der Waals surface area contributed by atoms with E-state index in [4.69, 9.17) is 4.98 Å². The molecule has 12 nitrogen and oxygen atoms in total. The standard InChI is InChI=1S/C28H24FN9O3S/c1-3-23(39)34-20-9-17(12-30-14-20)18-10-21-25(37-38-27(21)32-13-18)28-35-22-4-5-31-24(26(22)36-28)16-6-15(7-19(29)8-16)11-33-42(2,40)41/h4-10,12-14,33H,3,11H2,1-2H3,(H,34,39)(H,35,36)(H,32,37,38). The summed E-state index contributed by atoms with van der Waals surface area (Å²) in [5.41, 5.74) is 5.63. The number of H-pyrrole nitrogens is 2. The molecule has 6 rings (SSSR count). The molecule has 0 fully saturated rings. The number of fused-ring (bicyclic) bond motifs is 2. The Morgan fingerprint density at radius 3 is 2.67 bits per heavy atom. The molecule has 0 unspecified atom stereocenters. The van der Waals surface area contributed by atoms with Crippen molar-refractivity contribution in [3.8, 4) is 33.9 Å². The van der Waals surface area contributed by atoms with Gasteiger partial charge in [0.15, 0.2) is 11.5 Å². The Labute approximate surface area is 238 Å². The van der Waals surface area contributed by atoms with Gasteiger partial charge >= 0.3 is 0 Å². The lowest BCUT2D eigenvalue weighted by atomic mass is 10.1. The van der Waals surface area contributed by atoms with Crippen molar-refractivity contribution in [2.24, 2.45) is 0 Å². The smallest absolute Gasteiger partial charge is 0.224 e. The molecule has 0 aliphatic carbocycles. The highest BCUT2D eigenvalue weighted by Crippen LogP contribution is 2.32. The monoisotopic (exact) mass is 585 g/mol. The van der Waals surface area contributed by atoms with Gasteiger partial charge in [-0.1, -0.05) is 6.92 Å². The Bertz CT molecular complexity index is 2090. The number of sulfonamides is 1. The molecule has 0 bridgehead atoms. The predicted molar refractivity (Wildman–Crippen MR) is 156 cm³/mol. The van der Waals surface area contributed by atoms with Crippen molar-refractivity contribution >= 4 is 43.7 Å². The number of halogens is 1. The molecule has 4 N–H and O–H groups in total. The molecule has 0 aliphatic heterocycles. The molecule has 5 aromatic heterocycles. The molecule has 5 heterocycles.